The number of anilines is 1. The van der Waals surface area contributed by atoms with Gasteiger partial charge >= 0.3 is 12.0 Å². The molecule has 1 atom stereocenters. The van der Waals surface area contributed by atoms with Crippen molar-refractivity contribution in [3.05, 3.63) is 23.0 Å². The standard InChI is InChI=1S/C16H23N3O4/c1-4-22-15(20)13-8-14(11(3)18-10(13)2)19-16(21)17-9-12-6-5-7-23-12/h8,12H,4-7,9H2,1-3H3,(H2,17,19,21)/t12-/m1/s1. The fourth-order valence-electron chi connectivity index (χ4n) is 2.45. The Morgan fingerprint density at radius 3 is 2.83 bits per heavy atom. The van der Waals surface area contributed by atoms with E-state index in [2.05, 4.69) is 15.6 Å². The Balaban J connectivity index is 2.01. The number of hydrogen-bond donors (Lipinski definition) is 2. The molecule has 2 rings (SSSR count). The minimum Gasteiger partial charge on any atom is -0.462 e. The Morgan fingerprint density at radius 2 is 2.17 bits per heavy atom. The quantitative estimate of drug-likeness (QED) is 0.811. The van der Waals surface area contributed by atoms with E-state index in [4.69, 9.17) is 9.47 Å². The summed E-state index contributed by atoms with van der Waals surface area (Å²) in [5.74, 6) is -0.444. The summed E-state index contributed by atoms with van der Waals surface area (Å²) in [6.07, 6.45) is 2.06. The molecule has 0 aliphatic carbocycles. The van der Waals surface area contributed by atoms with E-state index in [9.17, 15) is 9.59 Å². The number of aromatic nitrogens is 1. The van der Waals surface area contributed by atoms with Crippen LogP contribution in [0.15, 0.2) is 6.07 Å². The molecule has 0 saturated carbocycles. The van der Waals surface area contributed by atoms with Crippen LogP contribution < -0.4 is 10.6 Å². The summed E-state index contributed by atoms with van der Waals surface area (Å²) >= 11 is 0. The summed E-state index contributed by atoms with van der Waals surface area (Å²) in [5.41, 5.74) is 2.06. The van der Waals surface area contributed by atoms with Crippen LogP contribution in [0, 0.1) is 13.8 Å². The second kappa shape index (κ2) is 7.92. The normalized spacial score (nSPS) is 16.9. The summed E-state index contributed by atoms with van der Waals surface area (Å²) < 4.78 is 10.5. The first kappa shape index (κ1) is 17.2. The van der Waals surface area contributed by atoms with Crippen LogP contribution >= 0.6 is 0 Å². The molecule has 0 unspecified atom stereocenters. The molecule has 1 aromatic heterocycles. The van der Waals surface area contributed by atoms with Crippen LogP contribution in [-0.2, 0) is 9.47 Å². The minimum absolute atomic E-state index is 0.0769. The molecule has 1 aliphatic rings. The van der Waals surface area contributed by atoms with Gasteiger partial charge in [0.2, 0.25) is 0 Å². The third-order valence-corrected chi connectivity index (χ3v) is 3.66. The second-order valence-electron chi connectivity index (χ2n) is 5.44. The molecule has 0 spiro atoms. The molecule has 2 heterocycles. The molecule has 0 bridgehead atoms. The fourth-order valence-corrected chi connectivity index (χ4v) is 2.45. The predicted molar refractivity (Wildman–Crippen MR) is 85.7 cm³/mol. The van der Waals surface area contributed by atoms with E-state index in [1.807, 2.05) is 0 Å². The molecule has 1 saturated heterocycles. The topological polar surface area (TPSA) is 89.5 Å². The van der Waals surface area contributed by atoms with Crippen LogP contribution in [0.4, 0.5) is 10.5 Å². The smallest absolute Gasteiger partial charge is 0.340 e. The lowest BCUT2D eigenvalue weighted by Gasteiger charge is -2.14. The van der Waals surface area contributed by atoms with Gasteiger partial charge in [0, 0.05) is 13.2 Å². The Bertz CT molecular complexity index is 583. The van der Waals surface area contributed by atoms with E-state index in [1.165, 1.54) is 0 Å². The number of nitrogens with one attached hydrogen (secondary N) is 2. The van der Waals surface area contributed by atoms with Gasteiger partial charge in [-0.3, -0.25) is 4.98 Å². The van der Waals surface area contributed by atoms with Gasteiger partial charge in [0.25, 0.3) is 0 Å². The molecule has 1 aliphatic heterocycles. The summed E-state index contributed by atoms with van der Waals surface area (Å²) in [7, 11) is 0. The van der Waals surface area contributed by atoms with Crippen molar-refractivity contribution in [1.82, 2.24) is 10.3 Å². The maximum absolute atomic E-state index is 12.0. The SMILES string of the molecule is CCOC(=O)c1cc(NC(=O)NC[C@H]2CCCO2)c(C)nc1C. The van der Waals surface area contributed by atoms with Crippen LogP contribution in [0.1, 0.15) is 41.5 Å². The van der Waals surface area contributed by atoms with E-state index >= 15 is 0 Å². The predicted octanol–water partition coefficient (Wildman–Crippen LogP) is 2.18. The van der Waals surface area contributed by atoms with Crippen LogP contribution in [-0.4, -0.2) is 42.8 Å². The fraction of sp³-hybridized carbons (Fsp3) is 0.562. The first-order valence-electron chi connectivity index (χ1n) is 7.83. The lowest BCUT2D eigenvalue weighted by molar-refractivity contribution is 0.0525. The van der Waals surface area contributed by atoms with Gasteiger partial charge in [-0.1, -0.05) is 0 Å². The number of ether oxygens (including phenoxy) is 2. The summed E-state index contributed by atoms with van der Waals surface area (Å²) in [5, 5.41) is 5.49. The highest BCUT2D eigenvalue weighted by Crippen LogP contribution is 2.18. The van der Waals surface area contributed by atoms with E-state index in [-0.39, 0.29) is 18.7 Å². The molecule has 0 aromatic carbocycles. The number of esters is 1. The van der Waals surface area contributed by atoms with Crippen LogP contribution in [0.25, 0.3) is 0 Å². The number of hydrogen-bond acceptors (Lipinski definition) is 5. The third-order valence-electron chi connectivity index (χ3n) is 3.66. The monoisotopic (exact) mass is 321 g/mol. The first-order valence-corrected chi connectivity index (χ1v) is 7.83. The Hall–Kier alpha value is -2.15. The average Bonchev–Trinajstić information content (AvgIpc) is 3.01. The lowest BCUT2D eigenvalue weighted by atomic mass is 10.1. The Labute approximate surface area is 135 Å². The summed E-state index contributed by atoms with van der Waals surface area (Å²) in [6, 6.07) is 1.26. The van der Waals surface area contributed by atoms with Crippen molar-refractivity contribution >= 4 is 17.7 Å². The average molecular weight is 321 g/mol. The zero-order valence-corrected chi connectivity index (χ0v) is 13.8. The molecule has 1 fully saturated rings. The second-order valence-corrected chi connectivity index (χ2v) is 5.44. The van der Waals surface area contributed by atoms with E-state index in [0.717, 1.165) is 19.4 Å². The number of nitrogens with zero attached hydrogens (tertiary/aromatic N) is 1. The van der Waals surface area contributed by atoms with Gasteiger partial charge in [0.15, 0.2) is 0 Å². The molecule has 7 nitrogen and oxygen atoms in total. The summed E-state index contributed by atoms with van der Waals surface area (Å²) in [4.78, 5) is 28.2. The van der Waals surface area contributed by atoms with Crippen molar-refractivity contribution in [2.75, 3.05) is 25.1 Å². The molecule has 1 aromatic rings. The van der Waals surface area contributed by atoms with Gasteiger partial charge in [-0.2, -0.15) is 0 Å². The molecular weight excluding hydrogens is 298 g/mol. The van der Waals surface area contributed by atoms with Crippen LogP contribution in [0.3, 0.4) is 0 Å². The molecular formula is C16H23N3O4. The van der Waals surface area contributed by atoms with E-state index in [1.54, 1.807) is 26.8 Å². The molecule has 126 valence electrons. The largest absolute Gasteiger partial charge is 0.462 e. The van der Waals surface area contributed by atoms with Crippen molar-refractivity contribution in [3.8, 4) is 0 Å². The van der Waals surface area contributed by atoms with Crippen molar-refractivity contribution in [1.29, 1.82) is 0 Å². The van der Waals surface area contributed by atoms with Gasteiger partial charge in [0.1, 0.15) is 0 Å². The Kier molecular flexibility index (Phi) is 5.92. The molecule has 0 radical (unpaired) electrons. The summed E-state index contributed by atoms with van der Waals surface area (Å²) in [6.45, 7) is 6.76. The minimum atomic E-state index is -0.444. The lowest BCUT2D eigenvalue weighted by Crippen LogP contribution is -2.35. The molecule has 2 amide bonds. The number of rotatable bonds is 5. The number of amides is 2. The number of aryl methyl sites for hydroxylation is 2. The molecule has 7 heteroatoms. The van der Waals surface area contributed by atoms with Crippen molar-refractivity contribution < 1.29 is 19.1 Å². The van der Waals surface area contributed by atoms with Crippen molar-refractivity contribution in [2.45, 2.75) is 39.7 Å². The first-order chi connectivity index (χ1) is 11.0. The van der Waals surface area contributed by atoms with Gasteiger partial charge < -0.3 is 20.1 Å². The number of carbonyl (C=O) groups excluding carboxylic acids is 2. The highest BCUT2D eigenvalue weighted by Gasteiger charge is 2.18. The van der Waals surface area contributed by atoms with Gasteiger partial charge in [-0.15, -0.1) is 0 Å². The highest BCUT2D eigenvalue weighted by atomic mass is 16.5. The number of carbonyl (C=O) groups is 2. The van der Waals surface area contributed by atoms with Crippen LogP contribution in [0.5, 0.6) is 0 Å². The van der Waals surface area contributed by atoms with Gasteiger partial charge in [-0.05, 0) is 39.7 Å². The highest BCUT2D eigenvalue weighted by molar-refractivity contribution is 5.95. The van der Waals surface area contributed by atoms with Crippen LogP contribution in [0.2, 0.25) is 0 Å². The zero-order valence-electron chi connectivity index (χ0n) is 13.8. The zero-order chi connectivity index (χ0) is 16.8. The number of urea groups is 1. The van der Waals surface area contributed by atoms with Crippen molar-refractivity contribution in [3.63, 3.8) is 0 Å². The maximum Gasteiger partial charge on any atom is 0.340 e. The third kappa shape index (κ3) is 4.66. The molecule has 23 heavy (non-hydrogen) atoms. The van der Waals surface area contributed by atoms with E-state index < -0.39 is 5.97 Å². The van der Waals surface area contributed by atoms with Gasteiger partial charge in [0.05, 0.1) is 35.3 Å². The van der Waals surface area contributed by atoms with Crippen molar-refractivity contribution in [2.24, 2.45) is 0 Å². The van der Waals surface area contributed by atoms with E-state index in [0.29, 0.717) is 29.2 Å². The Morgan fingerprint density at radius 1 is 1.39 bits per heavy atom. The molecule has 2 N–H and O–H groups in total. The number of pyridine rings is 1. The maximum atomic E-state index is 12.0. The van der Waals surface area contributed by atoms with Gasteiger partial charge in [-0.25, -0.2) is 9.59 Å².